The molecule has 1 aliphatic rings. The first-order chi connectivity index (χ1) is 13.6. The van der Waals surface area contributed by atoms with Gasteiger partial charge < -0.3 is 9.64 Å². The van der Waals surface area contributed by atoms with Crippen LogP contribution in [0, 0.1) is 0 Å². The monoisotopic (exact) mass is 453 g/mol. The van der Waals surface area contributed by atoms with Crippen LogP contribution in [0.15, 0.2) is 36.4 Å². The van der Waals surface area contributed by atoms with Gasteiger partial charge in [-0.2, -0.15) is 0 Å². The number of halogens is 3. The molecule has 0 radical (unpaired) electrons. The number of fused-ring (bicyclic) bond motifs is 1. The van der Waals surface area contributed by atoms with Gasteiger partial charge >= 0.3 is 6.09 Å². The van der Waals surface area contributed by atoms with E-state index in [1.807, 2.05) is 45.0 Å². The summed E-state index contributed by atoms with van der Waals surface area (Å²) in [6.07, 6.45) is 1.39. The summed E-state index contributed by atoms with van der Waals surface area (Å²) in [4.78, 5) is 14.4. The van der Waals surface area contributed by atoms with Gasteiger partial charge in [-0.25, -0.2) is 4.79 Å². The van der Waals surface area contributed by atoms with E-state index in [1.54, 1.807) is 11.9 Å². The standard InChI is InChI=1S/C23H26Cl3NO2/c1-23(2,3)29-22(28)27(4)21-10-8-16(15-6-9-19(25)20(26)12-15)17-7-5-14(13-24)11-18(17)21/h5-7,9,11-12,16,21H,8,10,13H2,1-4H3/t16-,21-/m0/s1. The normalized spacial score (nSPS) is 18.9. The zero-order valence-electron chi connectivity index (χ0n) is 17.1. The van der Waals surface area contributed by atoms with Crippen molar-refractivity contribution in [2.75, 3.05) is 7.05 Å². The molecular weight excluding hydrogens is 429 g/mol. The molecule has 2 aromatic rings. The molecule has 0 N–H and O–H groups in total. The van der Waals surface area contributed by atoms with Crippen molar-refractivity contribution in [1.29, 1.82) is 0 Å². The number of alkyl halides is 1. The van der Waals surface area contributed by atoms with Crippen molar-refractivity contribution < 1.29 is 9.53 Å². The van der Waals surface area contributed by atoms with E-state index in [2.05, 4.69) is 12.1 Å². The van der Waals surface area contributed by atoms with Gasteiger partial charge in [0, 0.05) is 18.8 Å². The van der Waals surface area contributed by atoms with Crippen molar-refractivity contribution in [3.8, 4) is 0 Å². The van der Waals surface area contributed by atoms with E-state index in [1.165, 1.54) is 5.56 Å². The zero-order valence-corrected chi connectivity index (χ0v) is 19.4. The maximum absolute atomic E-state index is 12.7. The number of hydrogen-bond donors (Lipinski definition) is 0. The summed E-state index contributed by atoms with van der Waals surface area (Å²) >= 11 is 18.5. The Kier molecular flexibility index (Phi) is 6.72. The highest BCUT2D eigenvalue weighted by Gasteiger charge is 2.34. The van der Waals surface area contributed by atoms with Gasteiger partial charge in [0.05, 0.1) is 16.1 Å². The first kappa shape index (κ1) is 22.3. The topological polar surface area (TPSA) is 29.5 Å². The molecule has 2 atom stereocenters. The van der Waals surface area contributed by atoms with E-state index < -0.39 is 5.60 Å². The van der Waals surface area contributed by atoms with Gasteiger partial charge in [-0.3, -0.25) is 0 Å². The van der Waals surface area contributed by atoms with Crippen LogP contribution >= 0.6 is 34.8 Å². The van der Waals surface area contributed by atoms with Crippen molar-refractivity contribution >= 4 is 40.9 Å². The van der Waals surface area contributed by atoms with Crippen LogP contribution in [0.3, 0.4) is 0 Å². The van der Waals surface area contributed by atoms with Crippen molar-refractivity contribution in [2.24, 2.45) is 0 Å². The number of hydrogen-bond acceptors (Lipinski definition) is 2. The maximum Gasteiger partial charge on any atom is 0.410 e. The van der Waals surface area contributed by atoms with Gasteiger partial charge in [0.25, 0.3) is 0 Å². The summed E-state index contributed by atoms with van der Waals surface area (Å²) in [6, 6.07) is 12.0. The van der Waals surface area contributed by atoms with E-state index in [4.69, 9.17) is 39.5 Å². The minimum absolute atomic E-state index is 0.0676. The Morgan fingerprint density at radius 2 is 1.79 bits per heavy atom. The average molecular weight is 455 g/mol. The van der Waals surface area contributed by atoms with Crippen LogP contribution in [0.25, 0.3) is 0 Å². The Hall–Kier alpha value is -1.42. The number of carbonyl (C=O) groups excluding carboxylic acids is 1. The highest BCUT2D eigenvalue weighted by Crippen LogP contribution is 2.45. The first-order valence-corrected chi connectivity index (χ1v) is 11.0. The van der Waals surface area contributed by atoms with Gasteiger partial charge in [0.2, 0.25) is 0 Å². The van der Waals surface area contributed by atoms with E-state index in [9.17, 15) is 4.79 Å². The lowest BCUT2D eigenvalue weighted by Gasteiger charge is -2.38. The lowest BCUT2D eigenvalue weighted by Crippen LogP contribution is -2.38. The van der Waals surface area contributed by atoms with Crippen LogP contribution in [0.5, 0.6) is 0 Å². The minimum atomic E-state index is -0.538. The minimum Gasteiger partial charge on any atom is -0.444 e. The molecular formula is C23H26Cl3NO2. The maximum atomic E-state index is 12.7. The molecule has 6 heteroatoms. The molecule has 0 saturated heterocycles. The van der Waals surface area contributed by atoms with Crippen molar-refractivity contribution in [3.05, 3.63) is 68.7 Å². The molecule has 2 aromatic carbocycles. The van der Waals surface area contributed by atoms with Crippen molar-refractivity contribution in [3.63, 3.8) is 0 Å². The number of ether oxygens (including phenoxy) is 1. The van der Waals surface area contributed by atoms with Crippen LogP contribution in [0.2, 0.25) is 10.0 Å². The highest BCUT2D eigenvalue weighted by molar-refractivity contribution is 6.42. The van der Waals surface area contributed by atoms with E-state index >= 15 is 0 Å². The number of benzene rings is 2. The lowest BCUT2D eigenvalue weighted by atomic mass is 9.76. The van der Waals surface area contributed by atoms with Crippen LogP contribution in [-0.4, -0.2) is 23.6 Å². The summed E-state index contributed by atoms with van der Waals surface area (Å²) in [6.45, 7) is 5.62. The summed E-state index contributed by atoms with van der Waals surface area (Å²) in [7, 11) is 1.80. The van der Waals surface area contributed by atoms with Crippen LogP contribution in [0.4, 0.5) is 4.79 Å². The second-order valence-electron chi connectivity index (χ2n) is 8.51. The smallest absolute Gasteiger partial charge is 0.410 e. The molecule has 29 heavy (non-hydrogen) atoms. The average Bonchev–Trinajstić information content (AvgIpc) is 2.67. The van der Waals surface area contributed by atoms with Gasteiger partial charge in [0.15, 0.2) is 0 Å². The van der Waals surface area contributed by atoms with Crippen LogP contribution < -0.4 is 0 Å². The third-order valence-corrected chi connectivity index (χ3v) is 6.31. The van der Waals surface area contributed by atoms with E-state index in [0.717, 1.165) is 29.5 Å². The number of carbonyl (C=O) groups is 1. The largest absolute Gasteiger partial charge is 0.444 e. The Labute approximate surface area is 187 Å². The fourth-order valence-corrected chi connectivity index (χ4v) is 4.36. The molecule has 0 spiro atoms. The highest BCUT2D eigenvalue weighted by atomic mass is 35.5. The third-order valence-electron chi connectivity index (χ3n) is 5.26. The van der Waals surface area contributed by atoms with Crippen LogP contribution in [-0.2, 0) is 10.6 Å². The molecule has 1 amide bonds. The molecule has 3 nitrogen and oxygen atoms in total. The molecule has 0 aliphatic heterocycles. The third kappa shape index (κ3) is 5.02. The van der Waals surface area contributed by atoms with E-state index in [0.29, 0.717) is 15.9 Å². The molecule has 1 aliphatic carbocycles. The first-order valence-electron chi connectivity index (χ1n) is 9.70. The Bertz CT molecular complexity index is 907. The molecule has 0 fully saturated rings. The van der Waals surface area contributed by atoms with Crippen molar-refractivity contribution in [2.45, 2.75) is 57.1 Å². The Balaban J connectivity index is 1.99. The second-order valence-corrected chi connectivity index (χ2v) is 9.59. The van der Waals surface area contributed by atoms with Gasteiger partial charge in [0.1, 0.15) is 5.60 Å². The summed E-state index contributed by atoms with van der Waals surface area (Å²) in [5.41, 5.74) is 3.91. The Morgan fingerprint density at radius 1 is 1.07 bits per heavy atom. The summed E-state index contributed by atoms with van der Waals surface area (Å²) < 4.78 is 5.59. The fraction of sp³-hybridized carbons (Fsp3) is 0.435. The van der Waals surface area contributed by atoms with Crippen molar-refractivity contribution in [1.82, 2.24) is 4.90 Å². The fourth-order valence-electron chi connectivity index (χ4n) is 3.89. The molecule has 0 bridgehead atoms. The molecule has 0 heterocycles. The summed E-state index contributed by atoms with van der Waals surface area (Å²) in [5, 5.41) is 1.10. The lowest BCUT2D eigenvalue weighted by molar-refractivity contribution is 0.0202. The van der Waals surface area contributed by atoms with Crippen LogP contribution in [0.1, 0.15) is 67.8 Å². The van der Waals surface area contributed by atoms with Gasteiger partial charge in [-0.05, 0) is 68.0 Å². The quantitative estimate of drug-likeness (QED) is 0.448. The molecule has 0 aromatic heterocycles. The molecule has 0 saturated carbocycles. The number of nitrogens with zero attached hydrogens (tertiary/aromatic N) is 1. The molecule has 156 valence electrons. The second kappa shape index (κ2) is 8.75. The Morgan fingerprint density at radius 3 is 2.41 bits per heavy atom. The SMILES string of the molecule is CN(C(=O)OC(C)(C)C)[C@H]1CC[C@@H](c2ccc(Cl)c(Cl)c2)c2ccc(CCl)cc21. The molecule has 0 unspecified atom stereocenters. The predicted molar refractivity (Wildman–Crippen MR) is 120 cm³/mol. The molecule has 3 rings (SSSR count). The number of amides is 1. The summed E-state index contributed by atoms with van der Waals surface area (Å²) in [5.74, 6) is 0.612. The van der Waals surface area contributed by atoms with Gasteiger partial charge in [-0.15, -0.1) is 11.6 Å². The zero-order chi connectivity index (χ0) is 21.3. The van der Waals surface area contributed by atoms with E-state index in [-0.39, 0.29) is 18.1 Å². The predicted octanol–water partition coefficient (Wildman–Crippen LogP) is 7.57. The van der Waals surface area contributed by atoms with Gasteiger partial charge in [-0.1, -0.05) is 47.5 Å². The number of rotatable bonds is 3.